The van der Waals surface area contributed by atoms with Gasteiger partial charge in [-0.2, -0.15) is 0 Å². The first-order valence-corrected chi connectivity index (χ1v) is 19.6. The molecular weight excluding hydrogens is 565 g/mol. The molecule has 0 heterocycles. The number of hydrogen-bond donors (Lipinski definition) is 0. The van der Waals surface area contributed by atoms with Gasteiger partial charge >= 0.3 is 0 Å². The Morgan fingerprint density at radius 1 is 0.404 bits per heavy atom. The summed E-state index contributed by atoms with van der Waals surface area (Å²) in [5.74, 6) is 0. The fourth-order valence-corrected chi connectivity index (χ4v) is 8.36. The molecule has 0 bridgehead atoms. The quantitative estimate of drug-likeness (QED) is 0.269. The molecule has 0 aliphatic heterocycles. The van der Waals surface area contributed by atoms with Crippen LogP contribution in [0.3, 0.4) is 0 Å². The lowest BCUT2D eigenvalue weighted by Crippen LogP contribution is -2.53. The van der Waals surface area contributed by atoms with Gasteiger partial charge in [0.2, 0.25) is 0 Å². The van der Waals surface area contributed by atoms with Crippen molar-refractivity contribution in [1.29, 1.82) is 0 Å². The zero-order chi connectivity index (χ0) is 38.1. The Morgan fingerprint density at radius 3 is 1.06 bits per heavy atom. The highest BCUT2D eigenvalue weighted by Gasteiger charge is 2.59. The smallest absolute Gasteiger partial charge is 0.00188 e. The van der Waals surface area contributed by atoms with Crippen LogP contribution in [0.15, 0.2) is 48.5 Å². The number of fused-ring (bicyclic) bond motifs is 2. The van der Waals surface area contributed by atoms with Crippen molar-refractivity contribution < 1.29 is 0 Å². The summed E-state index contributed by atoms with van der Waals surface area (Å²) in [6.45, 7) is 55.2. The molecule has 0 spiro atoms. The Labute approximate surface area is 298 Å². The first-order chi connectivity index (χ1) is 21.5. The van der Waals surface area contributed by atoms with E-state index < -0.39 is 0 Å². The van der Waals surface area contributed by atoms with Crippen LogP contribution in [0.25, 0.3) is 0 Å². The van der Waals surface area contributed by atoms with Crippen LogP contribution in [0.4, 0.5) is 0 Å². The van der Waals surface area contributed by atoms with Gasteiger partial charge in [-0.25, -0.2) is 0 Å². The fraction of sp³-hybridized carbons (Fsp3) is 0.745. The van der Waals surface area contributed by atoms with Crippen molar-refractivity contribution in [3.63, 3.8) is 0 Å². The lowest BCUT2D eigenvalue weighted by Gasteiger charge is -2.58. The Morgan fingerprint density at radius 2 is 0.702 bits per heavy atom. The molecule has 47 heavy (non-hydrogen) atoms. The molecule has 0 radical (unpaired) electrons. The first-order valence-electron chi connectivity index (χ1n) is 19.6. The summed E-state index contributed by atoms with van der Waals surface area (Å²) in [7, 11) is 0. The van der Waals surface area contributed by atoms with E-state index >= 15 is 0 Å². The van der Waals surface area contributed by atoms with Gasteiger partial charge in [0.05, 0.1) is 0 Å². The molecule has 4 rings (SSSR count). The summed E-state index contributed by atoms with van der Waals surface area (Å²) in [6.07, 6.45) is 3.54. The molecule has 2 aliphatic carbocycles. The van der Waals surface area contributed by atoms with E-state index in [2.05, 4.69) is 159 Å². The Balaban J connectivity index is 0. The van der Waals surface area contributed by atoms with Crippen molar-refractivity contribution >= 4 is 0 Å². The van der Waals surface area contributed by atoms with Gasteiger partial charge in [-0.1, -0.05) is 215 Å². The van der Waals surface area contributed by atoms with E-state index in [9.17, 15) is 0 Å². The van der Waals surface area contributed by atoms with Crippen LogP contribution in [0, 0.1) is 32.5 Å². The second kappa shape index (κ2) is 17.4. The van der Waals surface area contributed by atoms with Crippen molar-refractivity contribution in [2.24, 2.45) is 32.5 Å². The summed E-state index contributed by atoms with van der Waals surface area (Å²) < 4.78 is 0. The van der Waals surface area contributed by atoms with E-state index in [1.807, 2.05) is 55.4 Å². The van der Waals surface area contributed by atoms with Gasteiger partial charge in [-0.05, 0) is 84.8 Å². The summed E-state index contributed by atoms with van der Waals surface area (Å²) in [5, 5.41) is 0. The van der Waals surface area contributed by atoms with Crippen molar-refractivity contribution in [2.45, 2.75) is 196 Å². The maximum absolute atomic E-state index is 2.49. The minimum atomic E-state index is 0.181. The lowest BCUT2D eigenvalue weighted by atomic mass is 9.46. The maximum atomic E-state index is 2.49. The van der Waals surface area contributed by atoms with Crippen molar-refractivity contribution in [3.05, 3.63) is 70.8 Å². The maximum Gasteiger partial charge on any atom is -0.00188 e. The van der Waals surface area contributed by atoms with E-state index in [1.165, 1.54) is 24.8 Å². The SMILES string of the molecule is CC.CC.CC.CC.CC1(C)Cc2ccccc2C(C)(C)C(C)(C)C1(C)C.CCC1(C)c2ccccc2CC(C)(C)C(C)(C)C1(C)C. The fourth-order valence-electron chi connectivity index (χ4n) is 8.36. The summed E-state index contributed by atoms with van der Waals surface area (Å²) in [4.78, 5) is 0. The Bertz CT molecular complexity index is 1180. The molecule has 2 aromatic rings. The van der Waals surface area contributed by atoms with Crippen LogP contribution >= 0.6 is 0 Å². The second-order valence-corrected chi connectivity index (χ2v) is 17.2. The minimum Gasteiger partial charge on any atom is -0.0683 e. The summed E-state index contributed by atoms with van der Waals surface area (Å²) in [5.41, 5.74) is 8.20. The predicted molar refractivity (Wildman–Crippen MR) is 219 cm³/mol. The van der Waals surface area contributed by atoms with E-state index in [0.717, 1.165) is 0 Å². The molecule has 0 aromatic heterocycles. The summed E-state index contributed by atoms with van der Waals surface area (Å²) >= 11 is 0. The average molecular weight is 651 g/mol. The number of rotatable bonds is 1. The van der Waals surface area contributed by atoms with Crippen LogP contribution in [0.1, 0.15) is 195 Å². The Hall–Kier alpha value is -1.56. The van der Waals surface area contributed by atoms with Crippen molar-refractivity contribution in [3.8, 4) is 0 Å². The zero-order valence-electron chi connectivity index (χ0n) is 36.7. The monoisotopic (exact) mass is 651 g/mol. The minimum absolute atomic E-state index is 0.181. The molecule has 1 atom stereocenters. The Kier molecular flexibility index (Phi) is 17.6. The highest BCUT2D eigenvalue weighted by Crippen LogP contribution is 2.65. The van der Waals surface area contributed by atoms with E-state index in [0.29, 0.717) is 10.8 Å². The number of benzene rings is 2. The molecule has 0 fully saturated rings. The normalized spacial score (nSPS) is 24.1. The molecule has 1 unspecified atom stereocenters. The highest BCUT2D eigenvalue weighted by molar-refractivity contribution is 5.40. The van der Waals surface area contributed by atoms with Crippen LogP contribution in [0.5, 0.6) is 0 Å². The summed E-state index contributed by atoms with van der Waals surface area (Å²) in [6, 6.07) is 18.2. The van der Waals surface area contributed by atoms with Gasteiger partial charge in [0.15, 0.2) is 0 Å². The third kappa shape index (κ3) is 8.09. The molecule has 2 aliphatic rings. The molecule has 0 N–H and O–H groups in total. The zero-order valence-corrected chi connectivity index (χ0v) is 36.7. The topological polar surface area (TPSA) is 0 Å². The van der Waals surface area contributed by atoms with E-state index in [1.54, 1.807) is 16.7 Å². The average Bonchev–Trinajstić information content (AvgIpc) is 3.09. The van der Waals surface area contributed by atoms with Crippen LogP contribution in [-0.4, -0.2) is 0 Å². The third-order valence-electron chi connectivity index (χ3n) is 14.7. The van der Waals surface area contributed by atoms with Gasteiger partial charge in [-0.3, -0.25) is 0 Å². The van der Waals surface area contributed by atoms with Crippen LogP contribution in [-0.2, 0) is 23.7 Å². The first kappa shape index (κ1) is 47.6. The van der Waals surface area contributed by atoms with Gasteiger partial charge in [0.25, 0.3) is 0 Å². The molecule has 0 amide bonds. The molecule has 274 valence electrons. The van der Waals surface area contributed by atoms with Gasteiger partial charge in [0.1, 0.15) is 0 Å². The standard InChI is InChI=1S/C20H32.C19H30.4C2H6/c1-9-20(8)16-13-11-10-12-15(16)14-17(2,3)18(4,5)19(20,6)7;1-16(2)13-14-11-9-10-12-15(14)17(3,4)19(7,8)18(16,5)6;4*1-2/h10-13H,9,14H2,1-8H3;9-12H,13H2,1-8H3;4*1-2H3. The largest absolute Gasteiger partial charge is 0.0683 e. The molecule has 0 heteroatoms. The van der Waals surface area contributed by atoms with Crippen LogP contribution in [0.2, 0.25) is 0 Å². The molecular formula is C47H86. The van der Waals surface area contributed by atoms with E-state index in [-0.39, 0.29) is 32.5 Å². The van der Waals surface area contributed by atoms with Crippen molar-refractivity contribution in [2.75, 3.05) is 0 Å². The molecule has 0 nitrogen and oxygen atoms in total. The molecule has 2 aromatic carbocycles. The third-order valence-corrected chi connectivity index (χ3v) is 14.7. The van der Waals surface area contributed by atoms with Gasteiger partial charge in [0, 0.05) is 0 Å². The predicted octanol–water partition coefficient (Wildman–Crippen LogP) is 15.7. The lowest BCUT2D eigenvalue weighted by molar-refractivity contribution is -0.0618. The van der Waals surface area contributed by atoms with E-state index in [4.69, 9.17) is 0 Å². The van der Waals surface area contributed by atoms with Crippen LogP contribution < -0.4 is 0 Å². The van der Waals surface area contributed by atoms with Gasteiger partial charge in [-0.15, -0.1) is 0 Å². The highest BCUT2D eigenvalue weighted by atomic mass is 14.6. The molecule has 0 saturated heterocycles. The van der Waals surface area contributed by atoms with Crippen molar-refractivity contribution in [1.82, 2.24) is 0 Å². The second-order valence-electron chi connectivity index (χ2n) is 17.2. The number of hydrogen-bond acceptors (Lipinski definition) is 0. The van der Waals surface area contributed by atoms with Gasteiger partial charge < -0.3 is 0 Å². The molecule has 0 saturated carbocycles.